The Bertz CT molecular complexity index is 1110. The highest BCUT2D eigenvalue weighted by atomic mass is 35.5. The molecule has 0 aliphatic heterocycles. The molecular formula is C25H24ClN3O2. The van der Waals surface area contributed by atoms with Crippen molar-refractivity contribution >= 4 is 11.6 Å². The van der Waals surface area contributed by atoms with Crippen LogP contribution >= 0.6 is 11.6 Å². The highest BCUT2D eigenvalue weighted by Crippen LogP contribution is 2.31. The topological polar surface area (TPSA) is 68.0 Å². The number of halogens is 1. The van der Waals surface area contributed by atoms with Gasteiger partial charge in [-0.15, -0.1) is 0 Å². The van der Waals surface area contributed by atoms with Crippen LogP contribution in [0, 0.1) is 11.3 Å². The maximum Gasteiger partial charge on any atom is 0.146 e. The molecule has 5 nitrogen and oxygen atoms in total. The number of aromatic nitrogens is 2. The van der Waals surface area contributed by atoms with E-state index in [1.54, 1.807) is 30.6 Å². The molecule has 0 radical (unpaired) electrons. The standard InChI is InChI=1S/C25H24ClN3O2/c1-6-8-17(2)25(26)24(20(5)31-22-9-7-10-28-15-22)18(3)11-19(4)30-23-12-21(13-27)14-29-16-23/h6-12,14-16H,4H2,1-3,5H3/b8-6+,18-11-,24-20-,25-17-. The molecule has 2 heterocycles. The molecule has 31 heavy (non-hydrogen) atoms. The quantitative estimate of drug-likeness (QED) is 0.345. The van der Waals surface area contributed by atoms with E-state index < -0.39 is 0 Å². The number of ether oxygens (including phenoxy) is 2. The molecule has 0 N–H and O–H groups in total. The van der Waals surface area contributed by atoms with Crippen molar-refractivity contribution in [3.63, 3.8) is 0 Å². The van der Waals surface area contributed by atoms with Crippen LogP contribution in [-0.2, 0) is 0 Å². The molecule has 0 fully saturated rings. The fourth-order valence-electron chi connectivity index (χ4n) is 2.79. The van der Waals surface area contributed by atoms with Crippen molar-refractivity contribution in [3.8, 4) is 17.6 Å². The molecule has 0 amide bonds. The Hall–Kier alpha value is -3.62. The van der Waals surface area contributed by atoms with Gasteiger partial charge < -0.3 is 9.47 Å². The fourth-order valence-corrected chi connectivity index (χ4v) is 3.14. The fraction of sp³-hybridized carbons (Fsp3) is 0.160. The molecule has 2 aromatic heterocycles. The Morgan fingerprint density at radius 3 is 2.52 bits per heavy atom. The van der Waals surface area contributed by atoms with Gasteiger partial charge in [0.2, 0.25) is 0 Å². The first-order valence-corrected chi connectivity index (χ1v) is 9.92. The van der Waals surface area contributed by atoms with Crippen molar-refractivity contribution < 1.29 is 9.47 Å². The highest BCUT2D eigenvalue weighted by molar-refractivity contribution is 6.33. The molecular weight excluding hydrogens is 410 g/mol. The third-order valence-corrected chi connectivity index (χ3v) is 4.59. The van der Waals surface area contributed by atoms with Crippen molar-refractivity contribution in [3.05, 3.63) is 107 Å². The Kier molecular flexibility index (Phi) is 8.80. The van der Waals surface area contributed by atoms with Gasteiger partial charge in [-0.25, -0.2) is 0 Å². The number of rotatable bonds is 8. The van der Waals surface area contributed by atoms with Gasteiger partial charge in [-0.3, -0.25) is 9.97 Å². The van der Waals surface area contributed by atoms with E-state index in [1.165, 1.54) is 12.4 Å². The van der Waals surface area contributed by atoms with Crippen molar-refractivity contribution in [2.24, 2.45) is 0 Å². The van der Waals surface area contributed by atoms with Crippen LogP contribution in [-0.4, -0.2) is 9.97 Å². The molecule has 0 unspecified atom stereocenters. The summed E-state index contributed by atoms with van der Waals surface area (Å²) in [7, 11) is 0. The third kappa shape index (κ3) is 6.98. The van der Waals surface area contributed by atoms with E-state index >= 15 is 0 Å². The average Bonchev–Trinajstić information content (AvgIpc) is 2.74. The SMILES string of the molecule is C=C(\C=C(C)/C(=C(\C)Oc1cccnc1)C(/Cl)=C(C)/C=C/C)Oc1cncc(C#N)c1. The van der Waals surface area contributed by atoms with E-state index in [2.05, 4.69) is 16.5 Å². The molecule has 0 aliphatic carbocycles. The first kappa shape index (κ1) is 23.7. The number of hydrogen-bond donors (Lipinski definition) is 0. The summed E-state index contributed by atoms with van der Waals surface area (Å²) in [5.41, 5.74) is 2.80. The van der Waals surface area contributed by atoms with Gasteiger partial charge in [0.25, 0.3) is 0 Å². The van der Waals surface area contributed by atoms with Crippen LogP contribution in [0.1, 0.15) is 33.3 Å². The monoisotopic (exact) mass is 433 g/mol. The Morgan fingerprint density at radius 2 is 1.87 bits per heavy atom. The zero-order chi connectivity index (χ0) is 22.8. The van der Waals surface area contributed by atoms with Crippen LogP contribution in [0.2, 0.25) is 0 Å². The summed E-state index contributed by atoms with van der Waals surface area (Å²) in [6.07, 6.45) is 11.9. The smallest absolute Gasteiger partial charge is 0.146 e. The van der Waals surface area contributed by atoms with E-state index in [9.17, 15) is 0 Å². The maximum absolute atomic E-state index is 9.02. The van der Waals surface area contributed by atoms with Gasteiger partial charge in [0, 0.05) is 24.0 Å². The minimum absolute atomic E-state index is 0.370. The van der Waals surface area contributed by atoms with E-state index in [-0.39, 0.29) is 0 Å². The summed E-state index contributed by atoms with van der Waals surface area (Å²) in [6.45, 7) is 11.6. The predicted molar refractivity (Wildman–Crippen MR) is 123 cm³/mol. The van der Waals surface area contributed by atoms with Gasteiger partial charge in [-0.1, -0.05) is 30.3 Å². The number of nitriles is 1. The largest absolute Gasteiger partial charge is 0.460 e. The summed E-state index contributed by atoms with van der Waals surface area (Å²) >= 11 is 6.73. The minimum atomic E-state index is 0.370. The first-order chi connectivity index (χ1) is 14.8. The molecule has 0 saturated heterocycles. The number of pyridine rings is 2. The molecule has 0 saturated carbocycles. The second kappa shape index (κ2) is 11.5. The van der Waals surface area contributed by atoms with Crippen molar-refractivity contribution in [1.82, 2.24) is 9.97 Å². The maximum atomic E-state index is 9.02. The summed E-state index contributed by atoms with van der Waals surface area (Å²) in [6, 6.07) is 7.24. The Morgan fingerprint density at radius 1 is 1.13 bits per heavy atom. The lowest BCUT2D eigenvalue weighted by Gasteiger charge is -2.16. The van der Waals surface area contributed by atoms with E-state index in [0.717, 1.165) is 16.7 Å². The molecule has 6 heteroatoms. The Balaban J connectivity index is 2.42. The van der Waals surface area contributed by atoms with E-state index in [1.807, 2.05) is 52.0 Å². The first-order valence-electron chi connectivity index (χ1n) is 9.54. The zero-order valence-electron chi connectivity index (χ0n) is 18.0. The van der Waals surface area contributed by atoms with Crippen LogP contribution in [0.3, 0.4) is 0 Å². The lowest BCUT2D eigenvalue weighted by Crippen LogP contribution is -2.02. The summed E-state index contributed by atoms with van der Waals surface area (Å²) in [5, 5.41) is 9.57. The molecule has 158 valence electrons. The van der Waals surface area contributed by atoms with E-state index in [0.29, 0.717) is 33.6 Å². The van der Waals surface area contributed by atoms with Gasteiger partial charge in [-0.05, 0) is 57.0 Å². The lowest BCUT2D eigenvalue weighted by atomic mass is 10.0. The van der Waals surface area contributed by atoms with Crippen LogP contribution in [0.25, 0.3) is 0 Å². The number of nitrogens with zero attached hydrogens (tertiary/aromatic N) is 3. The highest BCUT2D eigenvalue weighted by Gasteiger charge is 2.15. The van der Waals surface area contributed by atoms with Crippen LogP contribution in [0.4, 0.5) is 0 Å². The lowest BCUT2D eigenvalue weighted by molar-refractivity contribution is 0.421. The van der Waals surface area contributed by atoms with Crippen molar-refractivity contribution in [2.75, 3.05) is 0 Å². The van der Waals surface area contributed by atoms with Gasteiger partial charge in [-0.2, -0.15) is 5.26 Å². The second-order valence-electron chi connectivity index (χ2n) is 6.64. The minimum Gasteiger partial charge on any atom is -0.460 e. The third-order valence-electron chi connectivity index (χ3n) is 4.10. The van der Waals surface area contributed by atoms with Gasteiger partial charge in [0.1, 0.15) is 29.1 Å². The van der Waals surface area contributed by atoms with Crippen LogP contribution < -0.4 is 9.47 Å². The van der Waals surface area contributed by atoms with Crippen molar-refractivity contribution in [1.29, 1.82) is 5.26 Å². The van der Waals surface area contributed by atoms with Gasteiger partial charge in [0.05, 0.1) is 23.0 Å². The molecule has 0 aliphatic rings. The summed E-state index contributed by atoms with van der Waals surface area (Å²) in [5.74, 6) is 2.01. The Labute approximate surface area is 188 Å². The molecule has 0 aromatic carbocycles. The molecule has 0 spiro atoms. The summed E-state index contributed by atoms with van der Waals surface area (Å²) in [4.78, 5) is 8.07. The van der Waals surface area contributed by atoms with E-state index in [4.69, 9.17) is 26.3 Å². The van der Waals surface area contributed by atoms with Crippen LogP contribution in [0.15, 0.2) is 101 Å². The molecule has 0 bridgehead atoms. The van der Waals surface area contributed by atoms with Gasteiger partial charge in [0.15, 0.2) is 0 Å². The van der Waals surface area contributed by atoms with Crippen molar-refractivity contribution in [2.45, 2.75) is 27.7 Å². The van der Waals surface area contributed by atoms with Gasteiger partial charge >= 0.3 is 0 Å². The predicted octanol–water partition coefficient (Wildman–Crippen LogP) is 6.63. The zero-order valence-corrected chi connectivity index (χ0v) is 18.8. The number of hydrogen-bond acceptors (Lipinski definition) is 5. The molecule has 2 rings (SSSR count). The van der Waals surface area contributed by atoms with Crippen LogP contribution in [0.5, 0.6) is 11.5 Å². The summed E-state index contributed by atoms with van der Waals surface area (Å²) < 4.78 is 11.7. The second-order valence-corrected chi connectivity index (χ2v) is 7.01. The normalized spacial score (nSPS) is 13.2. The molecule has 2 aromatic rings. The average molecular weight is 434 g/mol. The molecule has 0 atom stereocenters. The number of allylic oxidation sites excluding steroid dienone is 8.